The summed E-state index contributed by atoms with van der Waals surface area (Å²) in [7, 11) is 0. The fourth-order valence-corrected chi connectivity index (χ4v) is 3.08. The van der Waals surface area contributed by atoms with Crippen LogP contribution in [0.3, 0.4) is 0 Å². The SMILES string of the molecule is CC1CCC(CO)(CO)C(c2ccccc2)C1. The standard InChI is InChI=1S/C15H22O2/c1-12-7-8-15(10-16,11-17)14(9-12)13-5-3-2-4-6-13/h2-6,12,14,16-17H,7-11H2,1H3. The number of hydrogen-bond acceptors (Lipinski definition) is 2. The molecule has 0 saturated heterocycles. The monoisotopic (exact) mass is 234 g/mol. The van der Waals surface area contributed by atoms with Gasteiger partial charge < -0.3 is 10.2 Å². The molecule has 2 atom stereocenters. The first-order chi connectivity index (χ1) is 8.22. The van der Waals surface area contributed by atoms with Gasteiger partial charge >= 0.3 is 0 Å². The largest absolute Gasteiger partial charge is 0.396 e. The number of aliphatic hydroxyl groups excluding tert-OH is 2. The zero-order valence-corrected chi connectivity index (χ0v) is 10.5. The van der Waals surface area contributed by atoms with Gasteiger partial charge in [0.2, 0.25) is 0 Å². The van der Waals surface area contributed by atoms with E-state index in [9.17, 15) is 10.2 Å². The van der Waals surface area contributed by atoms with Crippen LogP contribution in [0, 0.1) is 11.3 Å². The molecule has 2 nitrogen and oxygen atoms in total. The summed E-state index contributed by atoms with van der Waals surface area (Å²) in [5.74, 6) is 0.953. The summed E-state index contributed by atoms with van der Waals surface area (Å²) in [6, 6.07) is 10.3. The van der Waals surface area contributed by atoms with E-state index in [1.807, 2.05) is 18.2 Å². The minimum Gasteiger partial charge on any atom is -0.396 e. The first-order valence-corrected chi connectivity index (χ1v) is 6.48. The summed E-state index contributed by atoms with van der Waals surface area (Å²) in [6.45, 7) is 2.42. The molecule has 0 aliphatic heterocycles. The number of rotatable bonds is 3. The van der Waals surface area contributed by atoms with Crippen LogP contribution in [0.2, 0.25) is 0 Å². The third kappa shape index (κ3) is 2.38. The highest BCUT2D eigenvalue weighted by Crippen LogP contribution is 2.48. The molecular formula is C15H22O2. The molecule has 1 aliphatic carbocycles. The Balaban J connectivity index is 2.32. The van der Waals surface area contributed by atoms with Gasteiger partial charge in [-0.1, -0.05) is 37.3 Å². The zero-order valence-electron chi connectivity index (χ0n) is 10.5. The van der Waals surface area contributed by atoms with Crippen molar-refractivity contribution in [3.8, 4) is 0 Å². The van der Waals surface area contributed by atoms with Crippen molar-refractivity contribution in [2.24, 2.45) is 11.3 Å². The van der Waals surface area contributed by atoms with E-state index in [1.165, 1.54) is 5.56 Å². The van der Waals surface area contributed by atoms with Crippen LogP contribution in [0.15, 0.2) is 30.3 Å². The minimum absolute atomic E-state index is 0.0791. The summed E-state index contributed by atoms with van der Waals surface area (Å²) in [5.41, 5.74) is 0.926. The van der Waals surface area contributed by atoms with Crippen LogP contribution < -0.4 is 0 Å². The molecule has 1 aliphatic rings. The average Bonchev–Trinajstić information content (AvgIpc) is 2.40. The molecule has 2 N–H and O–H groups in total. The van der Waals surface area contributed by atoms with Crippen LogP contribution in [0.1, 0.15) is 37.7 Å². The Bertz CT molecular complexity index is 343. The number of hydrogen-bond donors (Lipinski definition) is 2. The van der Waals surface area contributed by atoms with Crippen LogP contribution in [0.5, 0.6) is 0 Å². The van der Waals surface area contributed by atoms with E-state index in [0.29, 0.717) is 5.92 Å². The second-order valence-corrected chi connectivity index (χ2v) is 5.52. The van der Waals surface area contributed by atoms with Gasteiger partial charge in [-0.05, 0) is 36.7 Å². The van der Waals surface area contributed by atoms with Crippen molar-refractivity contribution in [3.63, 3.8) is 0 Å². The Morgan fingerprint density at radius 1 is 1.18 bits per heavy atom. The number of aliphatic hydroxyl groups is 2. The summed E-state index contributed by atoms with van der Waals surface area (Å²) in [5, 5.41) is 19.4. The molecule has 17 heavy (non-hydrogen) atoms. The third-order valence-corrected chi connectivity index (χ3v) is 4.34. The van der Waals surface area contributed by atoms with Crippen LogP contribution in [0.25, 0.3) is 0 Å². The van der Waals surface area contributed by atoms with Crippen LogP contribution in [-0.2, 0) is 0 Å². The van der Waals surface area contributed by atoms with E-state index in [-0.39, 0.29) is 24.5 Å². The lowest BCUT2D eigenvalue weighted by molar-refractivity contribution is -0.00658. The summed E-state index contributed by atoms with van der Waals surface area (Å²) in [6.07, 6.45) is 3.08. The Hall–Kier alpha value is -0.860. The molecule has 2 heteroatoms. The average molecular weight is 234 g/mol. The van der Waals surface area contributed by atoms with Gasteiger partial charge in [-0.2, -0.15) is 0 Å². The molecule has 2 unspecified atom stereocenters. The lowest BCUT2D eigenvalue weighted by atomic mass is 9.62. The van der Waals surface area contributed by atoms with Crippen molar-refractivity contribution in [3.05, 3.63) is 35.9 Å². The maximum Gasteiger partial charge on any atom is 0.0515 e. The van der Waals surface area contributed by atoms with Crippen molar-refractivity contribution in [2.75, 3.05) is 13.2 Å². The normalized spacial score (nSPS) is 27.9. The Labute approximate surface area is 103 Å². The predicted molar refractivity (Wildman–Crippen MR) is 68.8 cm³/mol. The first kappa shape index (κ1) is 12.6. The van der Waals surface area contributed by atoms with Crippen molar-refractivity contribution >= 4 is 0 Å². The molecular weight excluding hydrogens is 212 g/mol. The maximum atomic E-state index is 9.70. The molecule has 0 amide bonds. The molecule has 0 aromatic heterocycles. The highest BCUT2D eigenvalue weighted by Gasteiger charge is 2.42. The molecule has 1 fully saturated rings. The minimum atomic E-state index is -0.326. The summed E-state index contributed by atoms with van der Waals surface area (Å²) in [4.78, 5) is 0. The fraction of sp³-hybridized carbons (Fsp3) is 0.600. The van der Waals surface area contributed by atoms with Crippen molar-refractivity contribution < 1.29 is 10.2 Å². The predicted octanol–water partition coefficient (Wildman–Crippen LogP) is 2.56. The Morgan fingerprint density at radius 2 is 1.82 bits per heavy atom. The second kappa shape index (κ2) is 5.19. The van der Waals surface area contributed by atoms with Gasteiger partial charge in [-0.25, -0.2) is 0 Å². The molecule has 1 aromatic rings. The molecule has 2 rings (SSSR count). The molecule has 0 spiro atoms. The van der Waals surface area contributed by atoms with E-state index in [0.717, 1.165) is 19.3 Å². The molecule has 0 radical (unpaired) electrons. The van der Waals surface area contributed by atoms with Crippen molar-refractivity contribution in [1.29, 1.82) is 0 Å². The van der Waals surface area contributed by atoms with Crippen molar-refractivity contribution in [1.82, 2.24) is 0 Å². The van der Waals surface area contributed by atoms with Gasteiger partial charge in [0, 0.05) is 5.41 Å². The van der Waals surface area contributed by atoms with Crippen LogP contribution in [-0.4, -0.2) is 23.4 Å². The molecule has 0 heterocycles. The summed E-state index contributed by atoms with van der Waals surface area (Å²) >= 11 is 0. The lowest BCUT2D eigenvalue weighted by Crippen LogP contribution is -2.40. The fourth-order valence-electron chi connectivity index (χ4n) is 3.08. The number of benzene rings is 1. The van der Waals surface area contributed by atoms with E-state index in [1.54, 1.807) is 0 Å². The Kier molecular flexibility index (Phi) is 3.85. The topological polar surface area (TPSA) is 40.5 Å². The van der Waals surface area contributed by atoms with Crippen LogP contribution in [0.4, 0.5) is 0 Å². The smallest absolute Gasteiger partial charge is 0.0515 e. The van der Waals surface area contributed by atoms with Gasteiger partial charge in [-0.15, -0.1) is 0 Å². The van der Waals surface area contributed by atoms with Crippen molar-refractivity contribution in [2.45, 2.75) is 32.1 Å². The summed E-state index contributed by atoms with van der Waals surface area (Å²) < 4.78 is 0. The van der Waals surface area contributed by atoms with Gasteiger partial charge in [0.15, 0.2) is 0 Å². The quantitative estimate of drug-likeness (QED) is 0.844. The van der Waals surface area contributed by atoms with Gasteiger partial charge in [0.05, 0.1) is 13.2 Å². The maximum absolute atomic E-state index is 9.70. The van der Waals surface area contributed by atoms with Crippen LogP contribution >= 0.6 is 0 Å². The zero-order chi connectivity index (χ0) is 12.3. The van der Waals surface area contributed by atoms with E-state index < -0.39 is 0 Å². The van der Waals surface area contributed by atoms with Gasteiger partial charge in [0.25, 0.3) is 0 Å². The molecule has 94 valence electrons. The second-order valence-electron chi connectivity index (χ2n) is 5.52. The molecule has 0 bridgehead atoms. The highest BCUT2D eigenvalue weighted by molar-refractivity contribution is 5.23. The van der Waals surface area contributed by atoms with Gasteiger partial charge in [0.1, 0.15) is 0 Å². The Morgan fingerprint density at radius 3 is 2.41 bits per heavy atom. The highest BCUT2D eigenvalue weighted by atomic mass is 16.3. The third-order valence-electron chi connectivity index (χ3n) is 4.34. The first-order valence-electron chi connectivity index (χ1n) is 6.48. The molecule has 1 aromatic carbocycles. The lowest BCUT2D eigenvalue weighted by Gasteiger charge is -2.44. The molecule has 1 saturated carbocycles. The van der Waals surface area contributed by atoms with E-state index in [4.69, 9.17) is 0 Å². The van der Waals surface area contributed by atoms with E-state index in [2.05, 4.69) is 19.1 Å². The van der Waals surface area contributed by atoms with Gasteiger partial charge in [-0.3, -0.25) is 0 Å². The van der Waals surface area contributed by atoms with E-state index >= 15 is 0 Å².